The lowest BCUT2D eigenvalue weighted by atomic mass is 10.2. The van der Waals surface area contributed by atoms with Crippen LogP contribution >= 0.6 is 0 Å². The molecule has 0 unspecified atom stereocenters. The summed E-state index contributed by atoms with van der Waals surface area (Å²) in [6.07, 6.45) is 4.10. The summed E-state index contributed by atoms with van der Waals surface area (Å²) in [6.45, 7) is 4.01. The lowest BCUT2D eigenvalue weighted by Gasteiger charge is -2.09. The second-order valence-corrected chi connectivity index (χ2v) is 4.32. The van der Waals surface area contributed by atoms with Crippen LogP contribution in [0.2, 0.25) is 0 Å². The van der Waals surface area contributed by atoms with Gasteiger partial charge in [0.25, 0.3) is 0 Å². The highest BCUT2D eigenvalue weighted by Crippen LogP contribution is 2.14. The van der Waals surface area contributed by atoms with E-state index in [9.17, 15) is 4.79 Å². The summed E-state index contributed by atoms with van der Waals surface area (Å²) < 4.78 is 11.9. The van der Waals surface area contributed by atoms with Gasteiger partial charge in [0, 0.05) is 25.9 Å². The second-order valence-electron chi connectivity index (χ2n) is 4.32. The number of methoxy groups -OCH3 is 1. The summed E-state index contributed by atoms with van der Waals surface area (Å²) in [5, 5.41) is 4.22. The molecular weight excluding hydrogens is 246 g/mol. The highest BCUT2D eigenvalue weighted by molar-refractivity contribution is 5.97. The maximum Gasteiger partial charge on any atom is 0.343 e. The maximum atomic E-state index is 12.1. The summed E-state index contributed by atoms with van der Waals surface area (Å²) in [4.78, 5) is 16.2. The Hall–Kier alpha value is -1.95. The van der Waals surface area contributed by atoms with Crippen LogP contribution in [0, 0.1) is 6.92 Å². The van der Waals surface area contributed by atoms with Gasteiger partial charge < -0.3 is 9.47 Å². The number of esters is 1. The van der Waals surface area contributed by atoms with Crippen LogP contribution in [0.5, 0.6) is 0 Å². The lowest BCUT2D eigenvalue weighted by Crippen LogP contribution is -2.13. The van der Waals surface area contributed by atoms with Crippen molar-refractivity contribution in [2.75, 3.05) is 13.7 Å². The van der Waals surface area contributed by atoms with Gasteiger partial charge in [-0.3, -0.25) is 0 Å². The average Bonchev–Trinajstić information content (AvgIpc) is 2.74. The summed E-state index contributed by atoms with van der Waals surface area (Å²) in [7, 11) is 1.63. The number of carbonyl (C=O) groups is 1. The number of hydrogen-bond acceptors (Lipinski definition) is 5. The summed E-state index contributed by atoms with van der Waals surface area (Å²) in [5.74, 6) is -0.394. The molecule has 2 rings (SSSR count). The van der Waals surface area contributed by atoms with Crippen LogP contribution in [0.25, 0.3) is 5.65 Å². The standard InChI is InChI=1S/C13H17N3O3/c1-9(18-3)5-8-19-13(17)11-10(2)15-16-7-4-6-14-12(11)16/h4,6-7,9H,5,8H2,1-3H3/t9-/m0/s1. The predicted octanol–water partition coefficient (Wildman–Crippen LogP) is 1.62. The van der Waals surface area contributed by atoms with Crippen molar-refractivity contribution in [1.29, 1.82) is 0 Å². The predicted molar refractivity (Wildman–Crippen MR) is 69.1 cm³/mol. The molecule has 0 saturated carbocycles. The molecule has 6 heteroatoms. The molecule has 0 aliphatic rings. The number of nitrogens with zero attached hydrogens (tertiary/aromatic N) is 3. The molecule has 0 aliphatic carbocycles. The molecule has 102 valence electrons. The third kappa shape index (κ3) is 2.90. The highest BCUT2D eigenvalue weighted by atomic mass is 16.5. The number of aryl methyl sites for hydroxylation is 1. The molecule has 0 saturated heterocycles. The van der Waals surface area contributed by atoms with Crippen LogP contribution in [-0.4, -0.2) is 40.4 Å². The molecule has 0 aliphatic heterocycles. The number of ether oxygens (including phenoxy) is 2. The highest BCUT2D eigenvalue weighted by Gasteiger charge is 2.19. The topological polar surface area (TPSA) is 65.7 Å². The number of carbonyl (C=O) groups excluding carboxylic acids is 1. The van der Waals surface area contributed by atoms with Crippen molar-refractivity contribution in [3.63, 3.8) is 0 Å². The molecular formula is C13H17N3O3. The third-order valence-corrected chi connectivity index (χ3v) is 2.93. The first kappa shape index (κ1) is 13.5. The molecule has 0 radical (unpaired) electrons. The van der Waals surface area contributed by atoms with Gasteiger partial charge in [-0.15, -0.1) is 0 Å². The summed E-state index contributed by atoms with van der Waals surface area (Å²) in [5.41, 5.74) is 1.55. The van der Waals surface area contributed by atoms with Crippen LogP contribution in [0.4, 0.5) is 0 Å². The van der Waals surface area contributed by atoms with E-state index in [1.54, 1.807) is 37.0 Å². The Morgan fingerprint density at radius 2 is 2.32 bits per heavy atom. The van der Waals surface area contributed by atoms with E-state index in [0.717, 1.165) is 0 Å². The van der Waals surface area contributed by atoms with E-state index >= 15 is 0 Å². The van der Waals surface area contributed by atoms with E-state index in [1.807, 2.05) is 6.92 Å². The molecule has 2 aromatic heterocycles. The zero-order chi connectivity index (χ0) is 13.8. The molecule has 19 heavy (non-hydrogen) atoms. The Morgan fingerprint density at radius 1 is 1.53 bits per heavy atom. The van der Waals surface area contributed by atoms with Crippen LogP contribution in [0.3, 0.4) is 0 Å². The SMILES string of the molecule is CO[C@@H](C)CCOC(=O)c1c(C)nn2cccnc12. The Kier molecular flexibility index (Phi) is 4.11. The first-order chi connectivity index (χ1) is 9.13. The third-order valence-electron chi connectivity index (χ3n) is 2.93. The minimum Gasteiger partial charge on any atom is -0.462 e. The number of aromatic nitrogens is 3. The van der Waals surface area contributed by atoms with Crippen molar-refractivity contribution in [2.45, 2.75) is 26.4 Å². The quantitative estimate of drug-likeness (QED) is 0.767. The fourth-order valence-corrected chi connectivity index (χ4v) is 1.74. The second kappa shape index (κ2) is 5.79. The van der Waals surface area contributed by atoms with Gasteiger partial charge in [0.15, 0.2) is 5.65 Å². The molecule has 2 heterocycles. The van der Waals surface area contributed by atoms with Gasteiger partial charge in [-0.25, -0.2) is 14.3 Å². The van der Waals surface area contributed by atoms with Crippen molar-refractivity contribution in [3.8, 4) is 0 Å². The van der Waals surface area contributed by atoms with E-state index in [-0.39, 0.29) is 6.10 Å². The first-order valence-corrected chi connectivity index (χ1v) is 6.13. The van der Waals surface area contributed by atoms with Gasteiger partial charge in [0.1, 0.15) is 5.56 Å². The van der Waals surface area contributed by atoms with Gasteiger partial charge in [-0.05, 0) is 19.9 Å². The fourth-order valence-electron chi connectivity index (χ4n) is 1.74. The Morgan fingerprint density at radius 3 is 3.05 bits per heavy atom. The van der Waals surface area contributed by atoms with E-state index in [2.05, 4.69) is 10.1 Å². The van der Waals surface area contributed by atoms with Crippen LogP contribution in [-0.2, 0) is 9.47 Å². The van der Waals surface area contributed by atoms with Crippen LogP contribution < -0.4 is 0 Å². The van der Waals surface area contributed by atoms with Crippen molar-refractivity contribution in [1.82, 2.24) is 14.6 Å². The minimum atomic E-state index is -0.394. The van der Waals surface area contributed by atoms with Gasteiger partial charge in [-0.1, -0.05) is 0 Å². The van der Waals surface area contributed by atoms with E-state index < -0.39 is 5.97 Å². The van der Waals surface area contributed by atoms with Crippen molar-refractivity contribution in [3.05, 3.63) is 29.7 Å². The zero-order valence-corrected chi connectivity index (χ0v) is 11.3. The van der Waals surface area contributed by atoms with E-state index in [4.69, 9.17) is 9.47 Å². The average molecular weight is 263 g/mol. The molecule has 0 amide bonds. The molecule has 0 spiro atoms. The molecule has 0 bridgehead atoms. The van der Waals surface area contributed by atoms with E-state index in [1.165, 1.54) is 0 Å². The minimum absolute atomic E-state index is 0.0657. The van der Waals surface area contributed by atoms with E-state index in [0.29, 0.717) is 29.9 Å². The summed E-state index contributed by atoms with van der Waals surface area (Å²) >= 11 is 0. The Labute approximate surface area is 111 Å². The van der Waals surface area contributed by atoms with Gasteiger partial charge in [-0.2, -0.15) is 5.10 Å². The monoisotopic (exact) mass is 263 g/mol. The normalized spacial score (nSPS) is 12.6. The number of fused-ring (bicyclic) bond motifs is 1. The lowest BCUT2D eigenvalue weighted by molar-refractivity contribution is 0.0392. The molecule has 0 aromatic carbocycles. The Bertz CT molecular complexity index is 580. The first-order valence-electron chi connectivity index (χ1n) is 6.13. The number of hydrogen-bond donors (Lipinski definition) is 0. The molecule has 1 atom stereocenters. The molecule has 0 fully saturated rings. The maximum absolute atomic E-state index is 12.1. The molecule has 2 aromatic rings. The van der Waals surface area contributed by atoms with Crippen LogP contribution in [0.1, 0.15) is 29.4 Å². The smallest absolute Gasteiger partial charge is 0.343 e. The van der Waals surface area contributed by atoms with Crippen molar-refractivity contribution >= 4 is 11.6 Å². The van der Waals surface area contributed by atoms with Gasteiger partial charge >= 0.3 is 5.97 Å². The van der Waals surface area contributed by atoms with Crippen LogP contribution in [0.15, 0.2) is 18.5 Å². The Balaban J connectivity index is 2.11. The molecule has 6 nitrogen and oxygen atoms in total. The molecule has 0 N–H and O–H groups in total. The fraction of sp³-hybridized carbons (Fsp3) is 0.462. The zero-order valence-electron chi connectivity index (χ0n) is 11.3. The summed E-state index contributed by atoms with van der Waals surface area (Å²) in [6, 6.07) is 1.76. The number of rotatable bonds is 5. The largest absolute Gasteiger partial charge is 0.462 e. The van der Waals surface area contributed by atoms with Crippen molar-refractivity contribution < 1.29 is 14.3 Å². The van der Waals surface area contributed by atoms with Gasteiger partial charge in [0.05, 0.1) is 18.4 Å². The van der Waals surface area contributed by atoms with Crippen molar-refractivity contribution in [2.24, 2.45) is 0 Å². The van der Waals surface area contributed by atoms with Gasteiger partial charge in [0.2, 0.25) is 0 Å².